The normalized spacial score (nSPS) is 15.1. The van der Waals surface area contributed by atoms with Crippen molar-refractivity contribution in [3.63, 3.8) is 0 Å². The molecule has 10 heteroatoms. The number of amidine groups is 1. The van der Waals surface area contributed by atoms with E-state index in [-0.39, 0.29) is 17.6 Å². The minimum atomic E-state index is -0.137. The van der Waals surface area contributed by atoms with Crippen LogP contribution in [-0.4, -0.2) is 66.8 Å². The molecule has 2 aromatic carbocycles. The number of hydrogen-bond acceptors (Lipinski definition) is 8. The molecule has 1 aromatic heterocycles. The molecule has 0 aliphatic carbocycles. The second kappa shape index (κ2) is 13.6. The topological polar surface area (TPSA) is 125 Å². The second-order valence-electron chi connectivity index (χ2n) is 8.57. The lowest BCUT2D eigenvalue weighted by Crippen LogP contribution is -2.37. The maximum Gasteiger partial charge on any atom is 0.214 e. The Morgan fingerprint density at radius 1 is 1.16 bits per heavy atom. The van der Waals surface area contributed by atoms with E-state index in [0.717, 1.165) is 37.4 Å². The maximum absolute atomic E-state index is 12.2. The highest BCUT2D eigenvalue weighted by Crippen LogP contribution is 2.37. The van der Waals surface area contributed by atoms with Crippen molar-refractivity contribution in [1.29, 1.82) is 0 Å². The zero-order valence-corrected chi connectivity index (χ0v) is 21.5. The molecule has 1 fully saturated rings. The Balaban J connectivity index is 0.000000934. The van der Waals surface area contributed by atoms with Gasteiger partial charge < -0.3 is 30.4 Å². The zero-order chi connectivity index (χ0) is 27.5. The van der Waals surface area contributed by atoms with Gasteiger partial charge in [0.25, 0.3) is 0 Å². The van der Waals surface area contributed by atoms with E-state index in [4.69, 9.17) is 15.3 Å². The van der Waals surface area contributed by atoms with Gasteiger partial charge in [-0.3, -0.25) is 14.6 Å². The number of nitrogens with zero attached hydrogens (tertiary/aromatic N) is 5. The minimum absolute atomic E-state index is 0.0128. The molecule has 0 spiro atoms. The summed E-state index contributed by atoms with van der Waals surface area (Å²) >= 11 is 0. The van der Waals surface area contributed by atoms with Crippen LogP contribution in [0.3, 0.4) is 0 Å². The molecule has 2 heterocycles. The third-order valence-electron chi connectivity index (χ3n) is 6.04. The lowest BCUT2D eigenvalue weighted by Gasteiger charge is -2.31. The maximum atomic E-state index is 12.2. The van der Waals surface area contributed by atoms with Crippen molar-refractivity contribution in [3.05, 3.63) is 85.2 Å². The molecule has 198 valence electrons. The first-order valence-electron chi connectivity index (χ1n) is 11.9. The fraction of sp³-hybridized carbons (Fsp3) is 0.214. The predicted octanol–water partition coefficient (Wildman–Crippen LogP) is 3.77. The van der Waals surface area contributed by atoms with Gasteiger partial charge in [0.05, 0.1) is 17.4 Å². The van der Waals surface area contributed by atoms with Crippen molar-refractivity contribution in [2.75, 3.05) is 37.0 Å². The molecule has 0 saturated carbocycles. The fourth-order valence-electron chi connectivity index (χ4n) is 4.19. The Labute approximate surface area is 222 Å². The van der Waals surface area contributed by atoms with Crippen LogP contribution >= 0.6 is 0 Å². The standard InChI is InChI=1S/C25H28N6O3.C3H4O/c1-29-15-13-19(16-29)31(17-32)22-12-14-27-23(25(26)28-33)24(22)30(2)18-8-10-21(11-9-18)34-20-6-4-3-5-7-20;1-2-3-4/h3-12,14,17,19,33H,13,15-16H2,1-2H3,(H2,26,28);2-3H,1H2. The number of rotatable bonds is 9. The highest BCUT2D eigenvalue weighted by atomic mass is 16.5. The van der Waals surface area contributed by atoms with Gasteiger partial charge in [0, 0.05) is 25.5 Å². The lowest BCUT2D eigenvalue weighted by molar-refractivity contribution is -0.108. The van der Waals surface area contributed by atoms with Crippen LogP contribution < -0.4 is 20.3 Å². The molecular formula is C28H32N6O4. The molecule has 1 saturated heterocycles. The summed E-state index contributed by atoms with van der Waals surface area (Å²) in [7, 11) is 3.88. The van der Waals surface area contributed by atoms with Gasteiger partial charge in [-0.2, -0.15) is 0 Å². The number of likely N-dealkylation sites (tertiary alicyclic amines) is 1. The van der Waals surface area contributed by atoms with Crippen LogP contribution in [0.25, 0.3) is 0 Å². The van der Waals surface area contributed by atoms with Gasteiger partial charge in [-0.15, -0.1) is 0 Å². The highest BCUT2D eigenvalue weighted by molar-refractivity contribution is 6.05. The molecule has 0 radical (unpaired) electrons. The zero-order valence-electron chi connectivity index (χ0n) is 21.5. The molecular weight excluding hydrogens is 484 g/mol. The first-order chi connectivity index (χ1) is 18.4. The van der Waals surface area contributed by atoms with E-state index in [1.165, 1.54) is 6.08 Å². The first kappa shape index (κ1) is 27.9. The van der Waals surface area contributed by atoms with E-state index < -0.39 is 0 Å². The van der Waals surface area contributed by atoms with Crippen molar-refractivity contribution in [2.24, 2.45) is 10.9 Å². The van der Waals surface area contributed by atoms with Gasteiger partial charge in [0.1, 0.15) is 23.5 Å². The summed E-state index contributed by atoms with van der Waals surface area (Å²) in [5, 5.41) is 12.5. The number of likely N-dealkylation sites (N-methyl/N-ethyl adjacent to an activating group) is 1. The molecule has 0 bridgehead atoms. The third kappa shape index (κ3) is 6.74. The Morgan fingerprint density at radius 3 is 2.37 bits per heavy atom. The van der Waals surface area contributed by atoms with Crippen LogP contribution in [-0.2, 0) is 9.59 Å². The highest BCUT2D eigenvalue weighted by Gasteiger charge is 2.30. The summed E-state index contributed by atoms with van der Waals surface area (Å²) in [6.07, 6.45) is 5.08. The molecule has 4 rings (SSSR count). The number of anilines is 3. The van der Waals surface area contributed by atoms with E-state index in [1.54, 1.807) is 17.2 Å². The quantitative estimate of drug-likeness (QED) is 0.110. The van der Waals surface area contributed by atoms with Crippen LogP contribution in [0.5, 0.6) is 11.5 Å². The smallest absolute Gasteiger partial charge is 0.214 e. The van der Waals surface area contributed by atoms with Crippen LogP contribution in [0.2, 0.25) is 0 Å². The van der Waals surface area contributed by atoms with Crippen molar-refractivity contribution < 1.29 is 19.5 Å². The van der Waals surface area contributed by atoms with Crippen LogP contribution in [0, 0.1) is 0 Å². The number of nitrogens with two attached hydrogens (primary N) is 1. The van der Waals surface area contributed by atoms with Gasteiger partial charge in [-0.05, 0) is 68.6 Å². The van der Waals surface area contributed by atoms with Gasteiger partial charge in [0.2, 0.25) is 6.41 Å². The van der Waals surface area contributed by atoms with Gasteiger partial charge in [-0.25, -0.2) is 0 Å². The van der Waals surface area contributed by atoms with Gasteiger partial charge >= 0.3 is 0 Å². The molecule has 1 aliphatic rings. The molecule has 10 nitrogen and oxygen atoms in total. The first-order valence-corrected chi connectivity index (χ1v) is 11.9. The van der Waals surface area contributed by atoms with Crippen molar-refractivity contribution in [3.8, 4) is 11.5 Å². The number of allylic oxidation sites excluding steroid dienone is 1. The number of aldehydes is 1. The van der Waals surface area contributed by atoms with Gasteiger partial charge in [-0.1, -0.05) is 29.9 Å². The predicted molar refractivity (Wildman–Crippen MR) is 148 cm³/mol. The summed E-state index contributed by atoms with van der Waals surface area (Å²) in [6, 6.07) is 18.9. The third-order valence-corrected chi connectivity index (χ3v) is 6.04. The molecule has 3 N–H and O–H groups in total. The summed E-state index contributed by atoms with van der Waals surface area (Å²) in [4.78, 5) is 31.4. The van der Waals surface area contributed by atoms with E-state index in [9.17, 15) is 10.0 Å². The number of amides is 1. The number of carbonyl (C=O) groups excluding carboxylic acids is 2. The summed E-state index contributed by atoms with van der Waals surface area (Å²) in [5.74, 6) is 1.30. The molecule has 1 aliphatic heterocycles. The van der Waals surface area contributed by atoms with Crippen LogP contribution in [0.15, 0.2) is 84.7 Å². The number of hydrogen-bond donors (Lipinski definition) is 2. The molecule has 1 atom stereocenters. The van der Waals surface area contributed by atoms with E-state index in [1.807, 2.05) is 73.6 Å². The fourth-order valence-corrected chi connectivity index (χ4v) is 4.19. The number of pyridine rings is 1. The van der Waals surface area contributed by atoms with E-state index >= 15 is 0 Å². The number of aromatic nitrogens is 1. The molecule has 1 amide bonds. The number of oxime groups is 1. The number of carbonyl (C=O) groups is 2. The summed E-state index contributed by atoms with van der Waals surface area (Å²) in [5.41, 5.74) is 8.29. The summed E-state index contributed by atoms with van der Waals surface area (Å²) < 4.78 is 5.89. The minimum Gasteiger partial charge on any atom is -0.457 e. The molecule has 3 aromatic rings. The number of ether oxygens (including phenoxy) is 1. The average molecular weight is 517 g/mol. The van der Waals surface area contributed by atoms with Crippen LogP contribution in [0.1, 0.15) is 12.1 Å². The van der Waals surface area contributed by atoms with Crippen molar-refractivity contribution >= 4 is 35.6 Å². The Morgan fingerprint density at radius 2 is 1.82 bits per heavy atom. The Bertz CT molecular complexity index is 1240. The van der Waals surface area contributed by atoms with Crippen LogP contribution in [0.4, 0.5) is 17.1 Å². The lowest BCUT2D eigenvalue weighted by atomic mass is 10.1. The van der Waals surface area contributed by atoms with E-state index in [2.05, 4.69) is 21.6 Å². The average Bonchev–Trinajstić information content (AvgIpc) is 3.39. The largest absolute Gasteiger partial charge is 0.457 e. The monoisotopic (exact) mass is 516 g/mol. The van der Waals surface area contributed by atoms with E-state index in [0.29, 0.717) is 23.4 Å². The molecule has 1 unspecified atom stereocenters. The Kier molecular flexibility index (Phi) is 9.95. The summed E-state index contributed by atoms with van der Waals surface area (Å²) in [6.45, 7) is 4.77. The van der Waals surface area contributed by atoms with Gasteiger partial charge in [0.15, 0.2) is 5.84 Å². The Hall–Kier alpha value is -4.70. The second-order valence-corrected chi connectivity index (χ2v) is 8.57. The number of benzene rings is 2. The molecule has 38 heavy (non-hydrogen) atoms. The van der Waals surface area contributed by atoms with Crippen molar-refractivity contribution in [2.45, 2.75) is 12.5 Å². The number of para-hydroxylation sites is 1. The SMILES string of the molecule is C=CC=O.CN1CCC(N(C=O)c2ccnc(/C(N)=N/O)c2N(C)c2ccc(Oc3ccccc3)cc2)C1. The van der Waals surface area contributed by atoms with Crippen molar-refractivity contribution in [1.82, 2.24) is 9.88 Å².